The van der Waals surface area contributed by atoms with E-state index < -0.39 is 0 Å². The van der Waals surface area contributed by atoms with Crippen LogP contribution in [0.25, 0.3) is 0 Å². The number of hydrogen-bond acceptors (Lipinski definition) is 2. The van der Waals surface area contributed by atoms with Gasteiger partial charge in [0, 0.05) is 5.02 Å². The summed E-state index contributed by atoms with van der Waals surface area (Å²) in [5.41, 5.74) is 2.55. The standard InChI is InChI=1S/C17H20ClNO/c1-3-19-17(16-10-5-4-7-13(16)2)12-20-15-9-6-8-14(18)11-15/h4-11,17,19H,3,12H2,1-2H3. The largest absolute Gasteiger partial charge is 0.492 e. The van der Waals surface area contributed by atoms with Crippen LogP contribution >= 0.6 is 11.6 Å². The molecule has 106 valence electrons. The predicted molar refractivity (Wildman–Crippen MR) is 84.5 cm³/mol. The van der Waals surface area contributed by atoms with Gasteiger partial charge in [-0.05, 0) is 42.8 Å². The number of ether oxygens (including phenoxy) is 1. The molecule has 2 aromatic carbocycles. The van der Waals surface area contributed by atoms with Crippen molar-refractivity contribution in [2.24, 2.45) is 0 Å². The minimum atomic E-state index is 0.181. The Bertz CT molecular complexity index is 556. The Hall–Kier alpha value is -1.51. The van der Waals surface area contributed by atoms with Crippen LogP contribution < -0.4 is 10.1 Å². The number of nitrogens with one attached hydrogen (secondary N) is 1. The van der Waals surface area contributed by atoms with Crippen LogP contribution in [0.2, 0.25) is 5.02 Å². The Morgan fingerprint density at radius 3 is 2.65 bits per heavy atom. The number of likely N-dealkylation sites (N-methyl/N-ethyl adjacent to an activating group) is 1. The summed E-state index contributed by atoms with van der Waals surface area (Å²) in [7, 11) is 0. The van der Waals surface area contributed by atoms with Gasteiger partial charge in [0.05, 0.1) is 6.04 Å². The molecule has 0 saturated heterocycles. The highest BCUT2D eigenvalue weighted by Crippen LogP contribution is 2.21. The number of rotatable bonds is 6. The lowest BCUT2D eigenvalue weighted by molar-refractivity contribution is 0.268. The fourth-order valence-electron chi connectivity index (χ4n) is 2.22. The van der Waals surface area contributed by atoms with Gasteiger partial charge in [-0.1, -0.05) is 48.9 Å². The number of halogens is 1. The average molecular weight is 290 g/mol. The Labute approximate surface area is 125 Å². The van der Waals surface area contributed by atoms with E-state index in [2.05, 4.69) is 43.4 Å². The number of hydrogen-bond donors (Lipinski definition) is 1. The van der Waals surface area contributed by atoms with E-state index in [9.17, 15) is 0 Å². The minimum absolute atomic E-state index is 0.181. The van der Waals surface area contributed by atoms with Crippen LogP contribution in [0.3, 0.4) is 0 Å². The molecule has 3 heteroatoms. The van der Waals surface area contributed by atoms with E-state index in [1.807, 2.05) is 24.3 Å². The highest BCUT2D eigenvalue weighted by atomic mass is 35.5. The van der Waals surface area contributed by atoms with Crippen molar-refractivity contribution in [3.63, 3.8) is 0 Å². The van der Waals surface area contributed by atoms with Gasteiger partial charge in [0.15, 0.2) is 0 Å². The first kappa shape index (κ1) is 14.9. The first-order valence-electron chi connectivity index (χ1n) is 6.88. The van der Waals surface area contributed by atoms with Crippen molar-refractivity contribution in [2.45, 2.75) is 19.9 Å². The maximum atomic E-state index is 5.97. The molecule has 0 saturated carbocycles. The molecule has 0 aliphatic heterocycles. The monoisotopic (exact) mass is 289 g/mol. The molecule has 0 bridgehead atoms. The molecule has 1 atom stereocenters. The molecule has 0 spiro atoms. The summed E-state index contributed by atoms with van der Waals surface area (Å²) < 4.78 is 5.86. The zero-order valence-electron chi connectivity index (χ0n) is 11.9. The fourth-order valence-corrected chi connectivity index (χ4v) is 2.40. The summed E-state index contributed by atoms with van der Waals surface area (Å²) in [6.45, 7) is 5.71. The minimum Gasteiger partial charge on any atom is -0.492 e. The summed E-state index contributed by atoms with van der Waals surface area (Å²) in [5.74, 6) is 0.800. The fraction of sp³-hybridized carbons (Fsp3) is 0.294. The van der Waals surface area contributed by atoms with Crippen molar-refractivity contribution in [3.8, 4) is 5.75 Å². The molecule has 0 amide bonds. The van der Waals surface area contributed by atoms with Gasteiger partial charge < -0.3 is 10.1 Å². The molecule has 20 heavy (non-hydrogen) atoms. The second-order valence-electron chi connectivity index (χ2n) is 4.74. The van der Waals surface area contributed by atoms with Crippen molar-refractivity contribution >= 4 is 11.6 Å². The molecule has 2 rings (SSSR count). The maximum absolute atomic E-state index is 5.97. The van der Waals surface area contributed by atoms with Gasteiger partial charge in [0.2, 0.25) is 0 Å². The molecule has 2 nitrogen and oxygen atoms in total. The van der Waals surface area contributed by atoms with Crippen LogP contribution in [0.4, 0.5) is 0 Å². The van der Waals surface area contributed by atoms with Crippen molar-refractivity contribution in [2.75, 3.05) is 13.2 Å². The zero-order chi connectivity index (χ0) is 14.4. The molecule has 0 radical (unpaired) electrons. The van der Waals surface area contributed by atoms with Gasteiger partial charge in [0.1, 0.15) is 12.4 Å². The lowest BCUT2D eigenvalue weighted by atomic mass is 10.0. The molecule has 1 unspecified atom stereocenters. The summed E-state index contributed by atoms with van der Waals surface area (Å²) in [4.78, 5) is 0. The summed E-state index contributed by atoms with van der Waals surface area (Å²) >= 11 is 5.97. The summed E-state index contributed by atoms with van der Waals surface area (Å²) in [6, 6.07) is 16.1. The Morgan fingerprint density at radius 2 is 1.95 bits per heavy atom. The molecular weight excluding hydrogens is 270 g/mol. The Morgan fingerprint density at radius 1 is 1.15 bits per heavy atom. The van der Waals surface area contributed by atoms with E-state index in [1.165, 1.54) is 11.1 Å². The van der Waals surface area contributed by atoms with Crippen LogP contribution in [0.15, 0.2) is 48.5 Å². The zero-order valence-corrected chi connectivity index (χ0v) is 12.7. The lowest BCUT2D eigenvalue weighted by Gasteiger charge is -2.21. The third-order valence-corrected chi connectivity index (χ3v) is 3.46. The van der Waals surface area contributed by atoms with E-state index >= 15 is 0 Å². The molecular formula is C17H20ClNO. The number of aryl methyl sites for hydroxylation is 1. The average Bonchev–Trinajstić information content (AvgIpc) is 2.44. The highest BCUT2D eigenvalue weighted by Gasteiger charge is 2.13. The topological polar surface area (TPSA) is 21.3 Å². The van der Waals surface area contributed by atoms with Gasteiger partial charge in [-0.25, -0.2) is 0 Å². The summed E-state index contributed by atoms with van der Waals surface area (Å²) in [6.07, 6.45) is 0. The molecule has 0 fully saturated rings. The Kier molecular flexibility index (Phi) is 5.45. The van der Waals surface area contributed by atoms with Crippen molar-refractivity contribution in [1.82, 2.24) is 5.32 Å². The Balaban J connectivity index is 2.08. The van der Waals surface area contributed by atoms with E-state index in [4.69, 9.17) is 16.3 Å². The smallest absolute Gasteiger partial charge is 0.120 e. The lowest BCUT2D eigenvalue weighted by Crippen LogP contribution is -2.27. The SMILES string of the molecule is CCNC(COc1cccc(Cl)c1)c1ccccc1C. The number of benzene rings is 2. The first-order valence-corrected chi connectivity index (χ1v) is 7.25. The van der Waals surface area contributed by atoms with Crippen molar-refractivity contribution in [1.29, 1.82) is 0 Å². The van der Waals surface area contributed by atoms with Gasteiger partial charge in [-0.2, -0.15) is 0 Å². The van der Waals surface area contributed by atoms with Crippen LogP contribution in [0.5, 0.6) is 5.75 Å². The second-order valence-corrected chi connectivity index (χ2v) is 5.17. The van der Waals surface area contributed by atoms with Crippen LogP contribution in [0, 0.1) is 6.92 Å². The third kappa shape index (κ3) is 3.99. The second kappa shape index (κ2) is 7.32. The normalized spacial score (nSPS) is 12.2. The van der Waals surface area contributed by atoms with Gasteiger partial charge in [0.25, 0.3) is 0 Å². The van der Waals surface area contributed by atoms with E-state index in [1.54, 1.807) is 0 Å². The van der Waals surface area contributed by atoms with Crippen molar-refractivity contribution < 1.29 is 4.74 Å². The highest BCUT2D eigenvalue weighted by molar-refractivity contribution is 6.30. The molecule has 1 N–H and O–H groups in total. The molecule has 0 aromatic heterocycles. The van der Waals surface area contributed by atoms with E-state index in [0.717, 1.165) is 12.3 Å². The van der Waals surface area contributed by atoms with Crippen molar-refractivity contribution in [3.05, 3.63) is 64.7 Å². The van der Waals surface area contributed by atoms with Crippen LogP contribution in [-0.4, -0.2) is 13.2 Å². The first-order chi connectivity index (χ1) is 9.70. The van der Waals surface area contributed by atoms with Gasteiger partial charge >= 0.3 is 0 Å². The van der Waals surface area contributed by atoms with Crippen LogP contribution in [0.1, 0.15) is 24.1 Å². The third-order valence-electron chi connectivity index (χ3n) is 3.23. The molecule has 0 heterocycles. The molecule has 0 aliphatic carbocycles. The molecule has 2 aromatic rings. The predicted octanol–water partition coefficient (Wildman–Crippen LogP) is 4.38. The van der Waals surface area contributed by atoms with E-state index in [-0.39, 0.29) is 6.04 Å². The quantitative estimate of drug-likeness (QED) is 0.852. The van der Waals surface area contributed by atoms with Gasteiger partial charge in [-0.3, -0.25) is 0 Å². The summed E-state index contributed by atoms with van der Waals surface area (Å²) in [5, 5.41) is 4.16. The molecule has 0 aliphatic rings. The van der Waals surface area contributed by atoms with E-state index in [0.29, 0.717) is 11.6 Å². The van der Waals surface area contributed by atoms with Crippen LogP contribution in [-0.2, 0) is 0 Å². The maximum Gasteiger partial charge on any atom is 0.120 e. The van der Waals surface area contributed by atoms with Gasteiger partial charge in [-0.15, -0.1) is 0 Å².